The van der Waals surface area contributed by atoms with Gasteiger partial charge in [-0.2, -0.15) is 0 Å². The van der Waals surface area contributed by atoms with Crippen LogP contribution in [0.3, 0.4) is 0 Å². The highest BCUT2D eigenvalue weighted by Crippen LogP contribution is 2.51. The van der Waals surface area contributed by atoms with E-state index in [-0.39, 0.29) is 5.41 Å². The van der Waals surface area contributed by atoms with Crippen molar-refractivity contribution in [1.29, 1.82) is 0 Å². The Morgan fingerprint density at radius 2 is 0.965 bits per heavy atom. The van der Waals surface area contributed by atoms with Crippen molar-refractivity contribution in [2.24, 2.45) is 0 Å². The third kappa shape index (κ3) is 5.33. The normalized spacial score (nSPS) is 12.9. The quantitative estimate of drug-likeness (QED) is 0.169. The number of para-hydroxylation sites is 1. The van der Waals surface area contributed by atoms with Gasteiger partial charge in [-0.1, -0.05) is 166 Å². The van der Waals surface area contributed by atoms with Crippen molar-refractivity contribution in [2.75, 3.05) is 4.90 Å². The van der Waals surface area contributed by atoms with Crippen molar-refractivity contribution in [3.63, 3.8) is 0 Å². The first kappa shape index (κ1) is 33.2. The van der Waals surface area contributed by atoms with Crippen LogP contribution in [0, 0.1) is 0 Å². The van der Waals surface area contributed by atoms with Crippen molar-refractivity contribution in [3.8, 4) is 44.5 Å². The summed E-state index contributed by atoms with van der Waals surface area (Å²) < 4.78 is 6.80. The summed E-state index contributed by atoms with van der Waals surface area (Å²) in [6, 6.07) is 72.5. The average Bonchev–Trinajstić information content (AvgIpc) is 3.75. The van der Waals surface area contributed by atoms with Gasteiger partial charge < -0.3 is 9.32 Å². The van der Waals surface area contributed by atoms with Crippen molar-refractivity contribution in [2.45, 2.75) is 19.3 Å². The zero-order chi connectivity index (χ0) is 38.1. The zero-order valence-corrected chi connectivity index (χ0v) is 31.9. The van der Waals surface area contributed by atoms with Crippen LogP contribution in [0.2, 0.25) is 0 Å². The smallest absolute Gasteiger partial charge is 0.136 e. The number of hydrogen-bond acceptors (Lipinski definition) is 2. The molecular weight excluding hydrogens is 691 g/mol. The summed E-state index contributed by atoms with van der Waals surface area (Å²) in [5, 5.41) is 4.70. The van der Waals surface area contributed by atoms with Gasteiger partial charge >= 0.3 is 0 Å². The minimum absolute atomic E-state index is 0.124. The van der Waals surface area contributed by atoms with Gasteiger partial charge in [-0.3, -0.25) is 0 Å². The molecule has 0 bridgehead atoms. The SMILES string of the molecule is CC1(C)c2ccccc2-c2ccc(N(c3ccc(-c4ccccc4)cc3)c3ccccc3-c3ccc4c(c3)oc3cc(-c5ccccc5)c5ccccc5c34)cc21. The standard InChI is InChI=1S/C55H39NO/c1-55(2)49-23-13-11-21-44(49)45-32-30-41(34-50(45)55)56(40-28-25-37(26-29-40)36-15-5-3-6-16-36)51-24-14-12-19-42(51)39-27-31-47-52(33-39)57-53-35-48(38-17-7-4-8-18-38)43-20-9-10-22-46(43)54(47)53/h3-35H,1-2H3. The predicted octanol–water partition coefficient (Wildman–Crippen LogP) is 15.5. The Morgan fingerprint density at radius 1 is 0.368 bits per heavy atom. The highest BCUT2D eigenvalue weighted by Gasteiger charge is 2.36. The number of benzene rings is 9. The molecule has 1 heterocycles. The van der Waals surface area contributed by atoms with E-state index in [1.807, 2.05) is 0 Å². The fraction of sp³-hybridized carbons (Fsp3) is 0.0545. The fourth-order valence-electron chi connectivity index (χ4n) is 9.27. The first-order valence-electron chi connectivity index (χ1n) is 19.8. The maximum Gasteiger partial charge on any atom is 0.136 e. The minimum Gasteiger partial charge on any atom is -0.456 e. The molecule has 0 radical (unpaired) electrons. The van der Waals surface area contributed by atoms with Gasteiger partial charge in [0.25, 0.3) is 0 Å². The molecule has 0 spiro atoms. The monoisotopic (exact) mass is 729 g/mol. The van der Waals surface area contributed by atoms with Crippen LogP contribution in [0.5, 0.6) is 0 Å². The van der Waals surface area contributed by atoms with Crippen molar-refractivity contribution in [1.82, 2.24) is 0 Å². The molecule has 0 unspecified atom stereocenters. The molecular formula is C55H39NO. The molecule has 1 aliphatic rings. The van der Waals surface area contributed by atoms with E-state index in [4.69, 9.17) is 4.42 Å². The van der Waals surface area contributed by atoms with Gasteiger partial charge in [0.15, 0.2) is 0 Å². The lowest BCUT2D eigenvalue weighted by Crippen LogP contribution is -2.16. The van der Waals surface area contributed by atoms with E-state index in [0.29, 0.717) is 0 Å². The third-order valence-electron chi connectivity index (χ3n) is 12.1. The lowest BCUT2D eigenvalue weighted by Gasteiger charge is -2.30. The lowest BCUT2D eigenvalue weighted by atomic mass is 9.82. The molecule has 1 aliphatic carbocycles. The molecule has 57 heavy (non-hydrogen) atoms. The van der Waals surface area contributed by atoms with Crippen LogP contribution in [-0.4, -0.2) is 0 Å². The van der Waals surface area contributed by atoms with Crippen LogP contribution in [0.1, 0.15) is 25.0 Å². The number of furan rings is 1. The van der Waals surface area contributed by atoms with Crippen LogP contribution < -0.4 is 4.90 Å². The molecule has 2 nitrogen and oxygen atoms in total. The third-order valence-corrected chi connectivity index (χ3v) is 12.1. The van der Waals surface area contributed by atoms with Gasteiger partial charge in [0.05, 0.1) is 5.69 Å². The summed E-state index contributed by atoms with van der Waals surface area (Å²) in [6.45, 7) is 4.70. The molecule has 270 valence electrons. The summed E-state index contributed by atoms with van der Waals surface area (Å²) in [6.07, 6.45) is 0. The Hall–Kier alpha value is -7.16. The van der Waals surface area contributed by atoms with E-state index in [1.165, 1.54) is 55.3 Å². The molecule has 10 aromatic rings. The molecule has 11 rings (SSSR count). The summed E-state index contributed by atoms with van der Waals surface area (Å²) in [7, 11) is 0. The van der Waals surface area contributed by atoms with Crippen LogP contribution in [0.25, 0.3) is 77.2 Å². The lowest BCUT2D eigenvalue weighted by molar-refractivity contribution is 0.660. The molecule has 0 saturated carbocycles. The van der Waals surface area contributed by atoms with Crippen molar-refractivity contribution < 1.29 is 4.42 Å². The second-order valence-electron chi connectivity index (χ2n) is 15.7. The predicted molar refractivity (Wildman–Crippen MR) is 240 cm³/mol. The molecule has 0 amide bonds. The Labute approximate surface area is 332 Å². The minimum atomic E-state index is -0.124. The average molecular weight is 730 g/mol. The Kier molecular flexibility index (Phi) is 7.55. The topological polar surface area (TPSA) is 16.4 Å². The van der Waals surface area contributed by atoms with Crippen molar-refractivity contribution in [3.05, 3.63) is 211 Å². The summed E-state index contributed by atoms with van der Waals surface area (Å²) >= 11 is 0. The summed E-state index contributed by atoms with van der Waals surface area (Å²) in [5.41, 5.74) is 17.3. The maximum absolute atomic E-state index is 6.80. The van der Waals surface area contributed by atoms with Crippen molar-refractivity contribution >= 4 is 49.8 Å². The van der Waals surface area contributed by atoms with Gasteiger partial charge in [-0.05, 0) is 109 Å². The maximum atomic E-state index is 6.80. The van der Waals surface area contributed by atoms with Gasteiger partial charge in [0.1, 0.15) is 11.2 Å². The van der Waals surface area contributed by atoms with Crippen LogP contribution >= 0.6 is 0 Å². The molecule has 0 atom stereocenters. The molecule has 2 heteroatoms. The van der Waals surface area contributed by atoms with Gasteiger partial charge in [-0.15, -0.1) is 0 Å². The molecule has 0 saturated heterocycles. The first-order valence-corrected chi connectivity index (χ1v) is 19.8. The Bertz CT molecular complexity index is 3140. The van der Waals surface area contributed by atoms with Gasteiger partial charge in [0, 0.05) is 33.1 Å². The summed E-state index contributed by atoms with van der Waals surface area (Å²) in [4.78, 5) is 2.42. The molecule has 9 aromatic carbocycles. The highest BCUT2D eigenvalue weighted by atomic mass is 16.3. The zero-order valence-electron chi connectivity index (χ0n) is 31.9. The Morgan fingerprint density at radius 3 is 1.75 bits per heavy atom. The second-order valence-corrected chi connectivity index (χ2v) is 15.7. The van der Waals surface area contributed by atoms with Crippen LogP contribution in [-0.2, 0) is 5.41 Å². The first-order chi connectivity index (χ1) is 28.0. The number of fused-ring (bicyclic) bond motifs is 8. The van der Waals surface area contributed by atoms with E-state index in [2.05, 4.69) is 219 Å². The fourth-order valence-corrected chi connectivity index (χ4v) is 9.27. The van der Waals surface area contributed by atoms with Gasteiger partial charge in [-0.25, -0.2) is 0 Å². The Balaban J connectivity index is 1.08. The highest BCUT2D eigenvalue weighted by molar-refractivity contribution is 6.22. The van der Waals surface area contributed by atoms with E-state index in [1.54, 1.807) is 0 Å². The van der Waals surface area contributed by atoms with E-state index in [9.17, 15) is 0 Å². The van der Waals surface area contributed by atoms with E-state index < -0.39 is 0 Å². The number of rotatable bonds is 6. The molecule has 0 fully saturated rings. The molecule has 0 aliphatic heterocycles. The van der Waals surface area contributed by atoms with Crippen LogP contribution in [0.15, 0.2) is 205 Å². The second kappa shape index (κ2) is 13.0. The van der Waals surface area contributed by atoms with Gasteiger partial charge in [0.2, 0.25) is 0 Å². The van der Waals surface area contributed by atoms with E-state index in [0.717, 1.165) is 50.1 Å². The number of hydrogen-bond donors (Lipinski definition) is 0. The van der Waals surface area contributed by atoms with E-state index >= 15 is 0 Å². The number of anilines is 3. The van der Waals surface area contributed by atoms with Crippen LogP contribution in [0.4, 0.5) is 17.1 Å². The summed E-state index contributed by atoms with van der Waals surface area (Å²) in [5.74, 6) is 0. The largest absolute Gasteiger partial charge is 0.456 e. The molecule has 1 aromatic heterocycles. The number of nitrogens with zero attached hydrogens (tertiary/aromatic N) is 1. The molecule has 0 N–H and O–H groups in total.